The molecule has 1 aliphatic rings. The monoisotopic (exact) mass is 202 g/mol. The lowest BCUT2D eigenvalue weighted by Gasteiger charge is -2.40. The van der Waals surface area contributed by atoms with Crippen LogP contribution >= 0.6 is 0 Å². The Bertz CT molecular complexity index is 106. The molecule has 0 amide bonds. The minimum Gasteiger partial charge on any atom is -0.390 e. The Hall–Kier alpha value is -0.0400. The molecule has 1 aliphatic carbocycles. The van der Waals surface area contributed by atoms with Crippen molar-refractivity contribution < 1.29 is 5.11 Å². The highest BCUT2D eigenvalue weighted by Gasteiger charge is 2.36. The largest absolute Gasteiger partial charge is 0.390 e. The molecule has 0 spiro atoms. The van der Waals surface area contributed by atoms with E-state index in [1.54, 1.807) is 0 Å². The van der Waals surface area contributed by atoms with Gasteiger partial charge in [-0.05, 0) is 31.6 Å². The van der Waals surface area contributed by atoms with Crippen molar-refractivity contribution in [1.82, 2.24) is 0 Å². The van der Waals surface area contributed by atoms with E-state index in [4.69, 9.17) is 0 Å². The van der Waals surface area contributed by atoms with E-state index in [0.29, 0.717) is 11.8 Å². The van der Waals surface area contributed by atoms with Crippen LogP contribution in [-0.4, -0.2) is 10.7 Å². The van der Waals surface area contributed by atoms with E-state index in [1.165, 1.54) is 19.3 Å². The third-order valence-electron chi connectivity index (χ3n) is 3.27. The smallest absolute Gasteiger partial charge is 0.0670 e. The van der Waals surface area contributed by atoms with Gasteiger partial charge in [0.1, 0.15) is 0 Å². The van der Waals surface area contributed by atoms with E-state index in [1.807, 2.05) is 34.6 Å². The molecule has 0 heterocycles. The molecule has 14 heavy (non-hydrogen) atoms. The van der Waals surface area contributed by atoms with Crippen LogP contribution in [0.15, 0.2) is 0 Å². The van der Waals surface area contributed by atoms with Gasteiger partial charge in [0.2, 0.25) is 0 Å². The SMILES string of the molecule is CC.CC.CC1CCCC(C)C1(C)O. The molecule has 1 heteroatoms. The Morgan fingerprint density at radius 3 is 1.43 bits per heavy atom. The Morgan fingerprint density at radius 2 is 1.21 bits per heavy atom. The zero-order chi connectivity index (χ0) is 11.8. The summed E-state index contributed by atoms with van der Waals surface area (Å²) in [7, 11) is 0. The van der Waals surface area contributed by atoms with Crippen LogP contribution in [0, 0.1) is 11.8 Å². The number of aliphatic hydroxyl groups is 1. The van der Waals surface area contributed by atoms with Crippen LogP contribution in [0.1, 0.15) is 67.7 Å². The molecule has 2 atom stereocenters. The molecule has 1 saturated carbocycles. The van der Waals surface area contributed by atoms with E-state index in [2.05, 4.69) is 13.8 Å². The lowest BCUT2D eigenvalue weighted by molar-refractivity contribution is -0.0662. The first-order valence-corrected chi connectivity index (χ1v) is 6.27. The lowest BCUT2D eigenvalue weighted by atomic mass is 9.71. The van der Waals surface area contributed by atoms with Crippen molar-refractivity contribution in [3.05, 3.63) is 0 Å². The Kier molecular flexibility index (Phi) is 9.70. The van der Waals surface area contributed by atoms with Crippen LogP contribution in [0.4, 0.5) is 0 Å². The highest BCUT2D eigenvalue weighted by Crippen LogP contribution is 2.37. The van der Waals surface area contributed by atoms with Gasteiger partial charge < -0.3 is 5.11 Å². The molecule has 0 radical (unpaired) electrons. The summed E-state index contributed by atoms with van der Waals surface area (Å²) < 4.78 is 0. The van der Waals surface area contributed by atoms with Gasteiger partial charge in [-0.3, -0.25) is 0 Å². The maximum Gasteiger partial charge on any atom is 0.0670 e. The second-order valence-corrected chi connectivity index (χ2v) is 3.96. The minimum atomic E-state index is -0.405. The first-order valence-electron chi connectivity index (χ1n) is 6.27. The van der Waals surface area contributed by atoms with E-state index in [9.17, 15) is 5.11 Å². The fourth-order valence-corrected chi connectivity index (χ4v) is 1.80. The normalized spacial score (nSPS) is 36.0. The van der Waals surface area contributed by atoms with Crippen LogP contribution in [0.25, 0.3) is 0 Å². The summed E-state index contributed by atoms with van der Waals surface area (Å²) in [5.41, 5.74) is -0.405. The van der Waals surface area contributed by atoms with Crippen LogP contribution in [-0.2, 0) is 0 Å². The molecule has 1 N–H and O–H groups in total. The number of hydrogen-bond donors (Lipinski definition) is 1. The minimum absolute atomic E-state index is 0.405. The van der Waals surface area contributed by atoms with Crippen molar-refractivity contribution in [2.45, 2.75) is 73.3 Å². The molecule has 1 rings (SSSR count). The van der Waals surface area contributed by atoms with Gasteiger partial charge in [0.05, 0.1) is 5.60 Å². The first-order chi connectivity index (χ1) is 6.55. The lowest BCUT2D eigenvalue weighted by Crippen LogP contribution is -2.42. The third kappa shape index (κ3) is 4.45. The van der Waals surface area contributed by atoms with E-state index < -0.39 is 5.60 Å². The highest BCUT2D eigenvalue weighted by atomic mass is 16.3. The quantitative estimate of drug-likeness (QED) is 0.623. The molecule has 1 nitrogen and oxygen atoms in total. The molecule has 0 saturated heterocycles. The van der Waals surface area contributed by atoms with Crippen LogP contribution < -0.4 is 0 Å². The summed E-state index contributed by atoms with van der Waals surface area (Å²) in [6.07, 6.45) is 3.67. The molecule has 88 valence electrons. The van der Waals surface area contributed by atoms with Crippen molar-refractivity contribution in [3.63, 3.8) is 0 Å². The van der Waals surface area contributed by atoms with Gasteiger partial charge in [-0.25, -0.2) is 0 Å². The summed E-state index contributed by atoms with van der Waals surface area (Å²) >= 11 is 0. The molecule has 0 aromatic rings. The zero-order valence-electron chi connectivity index (χ0n) is 11.2. The predicted molar refractivity (Wildman–Crippen MR) is 65.5 cm³/mol. The van der Waals surface area contributed by atoms with Crippen molar-refractivity contribution in [2.75, 3.05) is 0 Å². The third-order valence-corrected chi connectivity index (χ3v) is 3.27. The maximum absolute atomic E-state index is 9.91. The number of hydrogen-bond acceptors (Lipinski definition) is 1. The molecule has 0 aliphatic heterocycles. The molecular weight excluding hydrogens is 172 g/mol. The first kappa shape index (κ1) is 16.4. The summed E-state index contributed by atoms with van der Waals surface area (Å²) in [5.74, 6) is 0.965. The summed E-state index contributed by atoms with van der Waals surface area (Å²) in [5, 5.41) is 9.91. The Labute approximate surface area is 90.9 Å². The number of rotatable bonds is 0. The van der Waals surface area contributed by atoms with Gasteiger partial charge in [0.15, 0.2) is 0 Å². The Morgan fingerprint density at radius 1 is 0.929 bits per heavy atom. The van der Waals surface area contributed by atoms with Crippen molar-refractivity contribution in [2.24, 2.45) is 11.8 Å². The van der Waals surface area contributed by atoms with Gasteiger partial charge in [0, 0.05) is 0 Å². The predicted octanol–water partition coefficient (Wildman–Crippen LogP) is 4.25. The van der Waals surface area contributed by atoms with E-state index in [-0.39, 0.29) is 0 Å². The molecule has 0 bridgehead atoms. The second kappa shape index (κ2) is 8.28. The average Bonchev–Trinajstić information content (AvgIpc) is 2.21. The van der Waals surface area contributed by atoms with Crippen LogP contribution in [0.5, 0.6) is 0 Å². The van der Waals surface area contributed by atoms with Gasteiger partial charge in [0.25, 0.3) is 0 Å². The second-order valence-electron chi connectivity index (χ2n) is 3.96. The van der Waals surface area contributed by atoms with Gasteiger partial charge in [-0.1, -0.05) is 48.0 Å². The fraction of sp³-hybridized carbons (Fsp3) is 1.00. The Balaban J connectivity index is 0. The van der Waals surface area contributed by atoms with Gasteiger partial charge in [-0.15, -0.1) is 0 Å². The van der Waals surface area contributed by atoms with E-state index >= 15 is 0 Å². The van der Waals surface area contributed by atoms with Crippen LogP contribution in [0.2, 0.25) is 0 Å². The molecular formula is C13H30O. The van der Waals surface area contributed by atoms with E-state index in [0.717, 1.165) is 0 Å². The zero-order valence-corrected chi connectivity index (χ0v) is 11.2. The van der Waals surface area contributed by atoms with Crippen molar-refractivity contribution in [1.29, 1.82) is 0 Å². The molecule has 0 aromatic heterocycles. The topological polar surface area (TPSA) is 20.2 Å². The highest BCUT2D eigenvalue weighted by molar-refractivity contribution is 4.88. The van der Waals surface area contributed by atoms with Crippen molar-refractivity contribution in [3.8, 4) is 0 Å². The maximum atomic E-state index is 9.91. The van der Waals surface area contributed by atoms with Crippen LogP contribution in [0.3, 0.4) is 0 Å². The van der Waals surface area contributed by atoms with Crippen molar-refractivity contribution >= 4 is 0 Å². The van der Waals surface area contributed by atoms with Gasteiger partial charge >= 0.3 is 0 Å². The fourth-order valence-electron chi connectivity index (χ4n) is 1.80. The molecule has 0 aromatic carbocycles. The standard InChI is InChI=1S/C9H18O.2C2H6/c1-7-5-4-6-8(2)9(7,3)10;2*1-2/h7-8,10H,4-6H2,1-3H3;2*1-2H3. The van der Waals surface area contributed by atoms with Gasteiger partial charge in [-0.2, -0.15) is 0 Å². The summed E-state index contributed by atoms with van der Waals surface area (Å²) in [6, 6.07) is 0. The summed E-state index contributed by atoms with van der Waals surface area (Å²) in [4.78, 5) is 0. The average molecular weight is 202 g/mol. The molecule has 2 unspecified atom stereocenters. The molecule has 1 fully saturated rings. The summed E-state index contributed by atoms with van der Waals surface area (Å²) in [6.45, 7) is 14.3.